The second kappa shape index (κ2) is 5.50. The Morgan fingerprint density at radius 3 is 2.67 bits per heavy atom. The van der Waals surface area contributed by atoms with E-state index in [4.69, 9.17) is 11.6 Å². The van der Waals surface area contributed by atoms with E-state index >= 15 is 0 Å². The van der Waals surface area contributed by atoms with Crippen molar-refractivity contribution in [3.63, 3.8) is 0 Å². The number of hydrogen-bond acceptors (Lipinski definition) is 4. The first-order chi connectivity index (χ1) is 8.58. The maximum absolute atomic E-state index is 11.5. The lowest BCUT2D eigenvalue weighted by molar-refractivity contribution is 0.101. The Morgan fingerprint density at radius 1 is 1.39 bits per heavy atom. The van der Waals surface area contributed by atoms with Crippen molar-refractivity contribution < 1.29 is 4.79 Å². The Bertz CT molecular complexity index is 563. The van der Waals surface area contributed by atoms with Crippen LogP contribution >= 0.6 is 23.1 Å². The second-order valence-corrected chi connectivity index (χ2v) is 5.22. The minimum absolute atomic E-state index is 0.0415. The highest BCUT2D eigenvalue weighted by atomic mass is 35.5. The van der Waals surface area contributed by atoms with Gasteiger partial charge in [0.15, 0.2) is 5.78 Å². The Hall–Kier alpha value is -1.39. The number of aromatic nitrogens is 1. The predicted octanol–water partition coefficient (Wildman–Crippen LogP) is 3.92. The van der Waals surface area contributed by atoms with Gasteiger partial charge in [0.1, 0.15) is 5.00 Å². The lowest BCUT2D eigenvalue weighted by Crippen LogP contribution is -2.03. The summed E-state index contributed by atoms with van der Waals surface area (Å²) in [5.74, 6) is 0.0415. The fourth-order valence-corrected chi connectivity index (χ4v) is 2.65. The van der Waals surface area contributed by atoms with Gasteiger partial charge in [-0.15, -0.1) is 0 Å². The van der Waals surface area contributed by atoms with Gasteiger partial charge in [-0.05, 0) is 43.1 Å². The largest absolute Gasteiger partial charge is 0.371 e. The summed E-state index contributed by atoms with van der Waals surface area (Å²) < 4.78 is 4.20. The first-order valence-corrected chi connectivity index (χ1v) is 6.68. The molecule has 0 aliphatic heterocycles. The van der Waals surface area contributed by atoms with Crippen LogP contribution in [-0.4, -0.2) is 10.2 Å². The van der Waals surface area contributed by atoms with Gasteiger partial charge in [-0.3, -0.25) is 4.79 Å². The molecule has 18 heavy (non-hydrogen) atoms. The monoisotopic (exact) mass is 280 g/mol. The maximum atomic E-state index is 11.5. The number of ketones is 1. The quantitative estimate of drug-likeness (QED) is 0.863. The van der Waals surface area contributed by atoms with Gasteiger partial charge in [-0.1, -0.05) is 23.7 Å². The molecule has 0 saturated heterocycles. The number of benzene rings is 1. The van der Waals surface area contributed by atoms with Crippen molar-refractivity contribution >= 4 is 33.9 Å². The molecule has 1 aromatic carbocycles. The van der Waals surface area contributed by atoms with Gasteiger partial charge < -0.3 is 5.32 Å². The van der Waals surface area contributed by atoms with Crippen molar-refractivity contribution in [2.45, 2.75) is 20.4 Å². The molecule has 5 heteroatoms. The summed E-state index contributed by atoms with van der Waals surface area (Å²) >= 11 is 7.14. The van der Waals surface area contributed by atoms with E-state index in [1.165, 1.54) is 11.5 Å². The van der Waals surface area contributed by atoms with E-state index in [1.807, 2.05) is 31.2 Å². The van der Waals surface area contributed by atoms with Crippen LogP contribution < -0.4 is 5.32 Å². The number of carbonyl (C=O) groups excluding carboxylic acids is 1. The number of rotatable bonds is 4. The highest BCUT2D eigenvalue weighted by Gasteiger charge is 2.14. The third kappa shape index (κ3) is 2.89. The van der Waals surface area contributed by atoms with Crippen molar-refractivity contribution in [2.24, 2.45) is 0 Å². The topological polar surface area (TPSA) is 42.0 Å². The summed E-state index contributed by atoms with van der Waals surface area (Å²) in [6, 6.07) is 7.61. The molecule has 0 spiro atoms. The Morgan fingerprint density at radius 2 is 2.06 bits per heavy atom. The molecule has 1 heterocycles. The van der Waals surface area contributed by atoms with Gasteiger partial charge in [-0.25, -0.2) is 0 Å². The van der Waals surface area contributed by atoms with E-state index in [9.17, 15) is 4.79 Å². The zero-order chi connectivity index (χ0) is 13.1. The van der Waals surface area contributed by atoms with Crippen LogP contribution in [0.2, 0.25) is 5.02 Å². The minimum atomic E-state index is 0.0415. The fraction of sp³-hybridized carbons (Fsp3) is 0.231. The third-order valence-corrected chi connectivity index (χ3v) is 3.73. The molecule has 0 unspecified atom stereocenters. The normalized spacial score (nSPS) is 10.4. The molecule has 0 atom stereocenters. The van der Waals surface area contributed by atoms with Crippen molar-refractivity contribution in [2.75, 3.05) is 5.32 Å². The molecule has 0 saturated carbocycles. The molecule has 0 radical (unpaired) electrons. The van der Waals surface area contributed by atoms with Crippen LogP contribution in [0.3, 0.4) is 0 Å². The molecule has 3 nitrogen and oxygen atoms in total. The van der Waals surface area contributed by atoms with Crippen LogP contribution in [0, 0.1) is 6.92 Å². The molecule has 0 bridgehead atoms. The molecule has 1 N–H and O–H groups in total. The number of aryl methyl sites for hydroxylation is 1. The van der Waals surface area contributed by atoms with Crippen molar-refractivity contribution in [3.8, 4) is 0 Å². The average molecular weight is 281 g/mol. The van der Waals surface area contributed by atoms with E-state index in [2.05, 4.69) is 9.69 Å². The molecule has 2 aromatic rings. The van der Waals surface area contributed by atoms with E-state index < -0.39 is 0 Å². The smallest absolute Gasteiger partial charge is 0.164 e. The lowest BCUT2D eigenvalue weighted by atomic mass is 10.2. The number of hydrogen-bond donors (Lipinski definition) is 1. The summed E-state index contributed by atoms with van der Waals surface area (Å²) in [4.78, 5) is 11.5. The average Bonchev–Trinajstić information content (AvgIpc) is 2.70. The van der Waals surface area contributed by atoms with E-state index in [0.717, 1.165) is 21.3 Å². The van der Waals surface area contributed by atoms with E-state index in [-0.39, 0.29) is 5.78 Å². The standard InChI is InChI=1S/C13H13ClN2OS/c1-8-12(9(2)17)13(18-16-8)15-7-10-3-5-11(14)6-4-10/h3-6,15H,7H2,1-2H3. The van der Waals surface area contributed by atoms with Crippen LogP contribution in [-0.2, 0) is 6.54 Å². The molecule has 0 fully saturated rings. The van der Waals surface area contributed by atoms with Gasteiger partial charge >= 0.3 is 0 Å². The summed E-state index contributed by atoms with van der Waals surface area (Å²) in [6.07, 6.45) is 0. The van der Waals surface area contributed by atoms with Gasteiger partial charge in [0.2, 0.25) is 0 Å². The number of carbonyl (C=O) groups is 1. The maximum Gasteiger partial charge on any atom is 0.164 e. The summed E-state index contributed by atoms with van der Waals surface area (Å²) in [6.45, 7) is 4.06. The Balaban J connectivity index is 2.11. The Kier molecular flexibility index (Phi) is 3.99. The predicted molar refractivity (Wildman–Crippen MR) is 75.6 cm³/mol. The van der Waals surface area contributed by atoms with Crippen LogP contribution in [0.1, 0.15) is 28.5 Å². The van der Waals surface area contributed by atoms with Crippen molar-refractivity contribution in [1.82, 2.24) is 4.37 Å². The van der Waals surface area contributed by atoms with Crippen molar-refractivity contribution in [3.05, 3.63) is 46.1 Å². The van der Waals surface area contributed by atoms with E-state index in [0.29, 0.717) is 12.1 Å². The molecule has 94 valence electrons. The van der Waals surface area contributed by atoms with Crippen molar-refractivity contribution in [1.29, 1.82) is 0 Å². The van der Waals surface area contributed by atoms with Gasteiger partial charge in [0, 0.05) is 11.6 Å². The lowest BCUT2D eigenvalue weighted by Gasteiger charge is -2.05. The van der Waals surface area contributed by atoms with Gasteiger partial charge in [0.25, 0.3) is 0 Å². The highest BCUT2D eigenvalue weighted by molar-refractivity contribution is 7.10. The molecule has 2 rings (SSSR count). The van der Waals surface area contributed by atoms with Crippen LogP contribution in [0.25, 0.3) is 0 Å². The molecule has 1 aromatic heterocycles. The highest BCUT2D eigenvalue weighted by Crippen LogP contribution is 2.25. The number of Topliss-reactive ketones (excluding diaryl/α,β-unsaturated/α-hetero) is 1. The third-order valence-electron chi connectivity index (χ3n) is 2.58. The van der Waals surface area contributed by atoms with Gasteiger partial charge in [0.05, 0.1) is 11.3 Å². The SMILES string of the molecule is CC(=O)c1c(C)nsc1NCc1ccc(Cl)cc1. The molecule has 0 aliphatic rings. The zero-order valence-corrected chi connectivity index (χ0v) is 11.7. The van der Waals surface area contributed by atoms with Crippen LogP contribution in [0.4, 0.5) is 5.00 Å². The number of nitrogens with one attached hydrogen (secondary N) is 1. The number of nitrogens with zero attached hydrogens (tertiary/aromatic N) is 1. The Labute approximate surface area is 115 Å². The molecule has 0 aliphatic carbocycles. The first kappa shape index (κ1) is 13.1. The summed E-state index contributed by atoms with van der Waals surface area (Å²) in [5.41, 5.74) is 2.58. The van der Waals surface area contributed by atoms with Crippen LogP contribution in [0.5, 0.6) is 0 Å². The van der Waals surface area contributed by atoms with E-state index in [1.54, 1.807) is 6.92 Å². The number of anilines is 1. The molecule has 0 amide bonds. The second-order valence-electron chi connectivity index (χ2n) is 4.01. The molecular weight excluding hydrogens is 268 g/mol. The van der Waals surface area contributed by atoms with Crippen LogP contribution in [0.15, 0.2) is 24.3 Å². The number of halogens is 1. The first-order valence-electron chi connectivity index (χ1n) is 5.53. The minimum Gasteiger partial charge on any atom is -0.371 e. The summed E-state index contributed by atoms with van der Waals surface area (Å²) in [7, 11) is 0. The fourth-order valence-electron chi connectivity index (χ4n) is 1.69. The molecular formula is C13H13ClN2OS. The zero-order valence-electron chi connectivity index (χ0n) is 10.2. The van der Waals surface area contributed by atoms with Gasteiger partial charge in [-0.2, -0.15) is 4.37 Å². The summed E-state index contributed by atoms with van der Waals surface area (Å²) in [5, 5.41) is 4.79.